The SMILES string of the molecule is CCc1ccc(NCC(=O)Nc2cc(C(=O)OC)cc(C(=O)OC)c2)cc1. The fourth-order valence-electron chi connectivity index (χ4n) is 2.42. The topological polar surface area (TPSA) is 93.7 Å². The van der Waals surface area contributed by atoms with E-state index in [0.717, 1.165) is 12.1 Å². The highest BCUT2D eigenvalue weighted by Crippen LogP contribution is 2.17. The molecule has 0 atom stereocenters. The molecule has 0 radical (unpaired) electrons. The standard InChI is InChI=1S/C20H22N2O5/c1-4-13-5-7-16(8-6-13)21-12-18(23)22-17-10-14(19(24)26-2)9-15(11-17)20(25)27-3/h5-11,21H,4,12H2,1-3H3,(H,22,23). The van der Waals surface area contributed by atoms with Gasteiger partial charge in [0.1, 0.15) is 0 Å². The number of ether oxygens (including phenoxy) is 2. The monoisotopic (exact) mass is 370 g/mol. The zero-order valence-corrected chi connectivity index (χ0v) is 15.5. The van der Waals surface area contributed by atoms with E-state index in [-0.39, 0.29) is 23.6 Å². The lowest BCUT2D eigenvalue weighted by molar-refractivity contribution is -0.114. The fraction of sp³-hybridized carbons (Fsp3) is 0.250. The van der Waals surface area contributed by atoms with Crippen molar-refractivity contribution in [1.82, 2.24) is 0 Å². The minimum absolute atomic E-state index is 0.0292. The summed E-state index contributed by atoms with van der Waals surface area (Å²) < 4.78 is 9.35. The Labute approximate surface area is 157 Å². The van der Waals surface area contributed by atoms with Crippen molar-refractivity contribution in [2.75, 3.05) is 31.4 Å². The summed E-state index contributed by atoms with van der Waals surface area (Å²) in [6.45, 7) is 2.10. The third-order valence-corrected chi connectivity index (χ3v) is 3.87. The lowest BCUT2D eigenvalue weighted by Crippen LogP contribution is -2.22. The van der Waals surface area contributed by atoms with Gasteiger partial charge in [0, 0.05) is 11.4 Å². The maximum atomic E-state index is 12.2. The Balaban J connectivity index is 2.08. The zero-order valence-electron chi connectivity index (χ0n) is 15.5. The molecule has 0 aromatic heterocycles. The van der Waals surface area contributed by atoms with E-state index in [9.17, 15) is 14.4 Å². The van der Waals surface area contributed by atoms with E-state index < -0.39 is 11.9 Å². The Morgan fingerprint density at radius 1 is 0.852 bits per heavy atom. The van der Waals surface area contributed by atoms with Gasteiger partial charge < -0.3 is 20.1 Å². The van der Waals surface area contributed by atoms with Crippen LogP contribution in [0.3, 0.4) is 0 Å². The summed E-state index contributed by atoms with van der Waals surface area (Å²) >= 11 is 0. The molecule has 7 nitrogen and oxygen atoms in total. The second-order valence-electron chi connectivity index (χ2n) is 5.73. The number of amides is 1. The second-order valence-corrected chi connectivity index (χ2v) is 5.73. The van der Waals surface area contributed by atoms with Crippen molar-refractivity contribution < 1.29 is 23.9 Å². The molecule has 2 rings (SSSR count). The van der Waals surface area contributed by atoms with Crippen LogP contribution in [-0.4, -0.2) is 38.6 Å². The number of anilines is 2. The predicted molar refractivity (Wildman–Crippen MR) is 102 cm³/mol. The number of benzene rings is 2. The van der Waals surface area contributed by atoms with E-state index in [1.807, 2.05) is 24.3 Å². The summed E-state index contributed by atoms with van der Waals surface area (Å²) in [5.41, 5.74) is 2.60. The summed E-state index contributed by atoms with van der Waals surface area (Å²) in [7, 11) is 2.47. The molecule has 2 N–H and O–H groups in total. The normalized spacial score (nSPS) is 10.0. The Kier molecular flexibility index (Phi) is 6.93. The minimum Gasteiger partial charge on any atom is -0.465 e. The van der Waals surface area contributed by atoms with Gasteiger partial charge in [-0.3, -0.25) is 4.79 Å². The second kappa shape index (κ2) is 9.38. The van der Waals surface area contributed by atoms with Gasteiger partial charge in [0.05, 0.1) is 31.9 Å². The Hall–Kier alpha value is -3.35. The first-order chi connectivity index (χ1) is 13.0. The van der Waals surface area contributed by atoms with Crippen LogP contribution in [0, 0.1) is 0 Å². The quantitative estimate of drug-likeness (QED) is 0.728. The molecule has 2 aromatic carbocycles. The third kappa shape index (κ3) is 5.57. The maximum absolute atomic E-state index is 12.2. The highest BCUT2D eigenvalue weighted by molar-refractivity contribution is 6.00. The number of methoxy groups -OCH3 is 2. The first-order valence-corrected chi connectivity index (χ1v) is 8.41. The number of hydrogen-bond acceptors (Lipinski definition) is 6. The molecule has 0 aliphatic carbocycles. The van der Waals surface area contributed by atoms with Gasteiger partial charge in [0.25, 0.3) is 0 Å². The van der Waals surface area contributed by atoms with Gasteiger partial charge >= 0.3 is 11.9 Å². The molecule has 27 heavy (non-hydrogen) atoms. The van der Waals surface area contributed by atoms with Crippen molar-refractivity contribution in [3.8, 4) is 0 Å². The lowest BCUT2D eigenvalue weighted by atomic mass is 10.1. The van der Waals surface area contributed by atoms with E-state index in [1.165, 1.54) is 38.0 Å². The molecule has 0 saturated heterocycles. The molecular weight excluding hydrogens is 348 g/mol. The summed E-state index contributed by atoms with van der Waals surface area (Å²) in [6.07, 6.45) is 0.944. The lowest BCUT2D eigenvalue weighted by Gasteiger charge is -2.11. The highest BCUT2D eigenvalue weighted by atomic mass is 16.5. The van der Waals surface area contributed by atoms with Crippen molar-refractivity contribution in [2.24, 2.45) is 0 Å². The fourth-order valence-corrected chi connectivity index (χ4v) is 2.42. The average molecular weight is 370 g/mol. The van der Waals surface area contributed by atoms with Crippen LogP contribution >= 0.6 is 0 Å². The van der Waals surface area contributed by atoms with E-state index in [4.69, 9.17) is 0 Å². The molecule has 0 unspecified atom stereocenters. The Morgan fingerprint density at radius 2 is 1.41 bits per heavy atom. The minimum atomic E-state index is -0.620. The molecule has 2 aromatic rings. The molecule has 0 spiro atoms. The maximum Gasteiger partial charge on any atom is 0.337 e. The van der Waals surface area contributed by atoms with Crippen LogP contribution in [0.4, 0.5) is 11.4 Å². The summed E-state index contributed by atoms with van der Waals surface area (Å²) in [4.78, 5) is 35.8. The molecule has 142 valence electrons. The predicted octanol–water partition coefficient (Wildman–Crippen LogP) is 2.87. The van der Waals surface area contributed by atoms with E-state index in [2.05, 4.69) is 27.0 Å². The van der Waals surface area contributed by atoms with E-state index in [1.54, 1.807) is 0 Å². The van der Waals surface area contributed by atoms with Crippen molar-refractivity contribution in [1.29, 1.82) is 0 Å². The average Bonchev–Trinajstić information content (AvgIpc) is 2.71. The van der Waals surface area contributed by atoms with Crippen LogP contribution in [0.5, 0.6) is 0 Å². The highest BCUT2D eigenvalue weighted by Gasteiger charge is 2.15. The van der Waals surface area contributed by atoms with Gasteiger partial charge in [0.15, 0.2) is 0 Å². The molecule has 7 heteroatoms. The summed E-state index contributed by atoms with van der Waals surface area (Å²) in [5, 5.41) is 5.67. The van der Waals surface area contributed by atoms with E-state index >= 15 is 0 Å². The number of carbonyl (C=O) groups excluding carboxylic acids is 3. The molecule has 0 aliphatic rings. The van der Waals surface area contributed by atoms with Crippen molar-refractivity contribution >= 4 is 29.2 Å². The summed E-state index contributed by atoms with van der Waals surface area (Å²) in [5.74, 6) is -1.57. The van der Waals surface area contributed by atoms with Crippen LogP contribution in [0.2, 0.25) is 0 Å². The van der Waals surface area contributed by atoms with Crippen molar-refractivity contribution in [3.63, 3.8) is 0 Å². The van der Waals surface area contributed by atoms with Crippen LogP contribution in [-0.2, 0) is 20.7 Å². The number of nitrogens with one attached hydrogen (secondary N) is 2. The molecular formula is C20H22N2O5. The first-order valence-electron chi connectivity index (χ1n) is 8.41. The largest absolute Gasteiger partial charge is 0.465 e. The van der Waals surface area contributed by atoms with Gasteiger partial charge in [-0.15, -0.1) is 0 Å². The van der Waals surface area contributed by atoms with Crippen LogP contribution < -0.4 is 10.6 Å². The smallest absolute Gasteiger partial charge is 0.337 e. The summed E-state index contributed by atoms with van der Waals surface area (Å²) in [6, 6.07) is 12.0. The Bertz CT molecular complexity index is 797. The van der Waals surface area contributed by atoms with Crippen LogP contribution in [0.25, 0.3) is 0 Å². The van der Waals surface area contributed by atoms with Crippen molar-refractivity contribution in [2.45, 2.75) is 13.3 Å². The molecule has 0 fully saturated rings. The first kappa shape index (κ1) is 20.0. The van der Waals surface area contributed by atoms with Gasteiger partial charge in [-0.25, -0.2) is 9.59 Å². The van der Waals surface area contributed by atoms with Crippen LogP contribution in [0.1, 0.15) is 33.2 Å². The van der Waals surface area contributed by atoms with Crippen molar-refractivity contribution in [3.05, 3.63) is 59.2 Å². The molecule has 0 aliphatic heterocycles. The molecule has 0 heterocycles. The number of carbonyl (C=O) groups is 3. The Morgan fingerprint density at radius 3 is 1.89 bits per heavy atom. The van der Waals surface area contributed by atoms with Crippen LogP contribution in [0.15, 0.2) is 42.5 Å². The van der Waals surface area contributed by atoms with Gasteiger partial charge in [-0.1, -0.05) is 19.1 Å². The third-order valence-electron chi connectivity index (χ3n) is 3.87. The number of hydrogen-bond donors (Lipinski definition) is 2. The van der Waals surface area contributed by atoms with Gasteiger partial charge in [-0.05, 0) is 42.3 Å². The molecule has 0 bridgehead atoms. The number of esters is 2. The van der Waals surface area contributed by atoms with Gasteiger partial charge in [-0.2, -0.15) is 0 Å². The number of aryl methyl sites for hydroxylation is 1. The molecule has 0 saturated carbocycles. The molecule has 1 amide bonds. The van der Waals surface area contributed by atoms with E-state index in [0.29, 0.717) is 5.69 Å². The number of rotatable bonds is 7. The zero-order chi connectivity index (χ0) is 19.8. The van der Waals surface area contributed by atoms with Gasteiger partial charge in [0.2, 0.25) is 5.91 Å².